The highest BCUT2D eigenvalue weighted by molar-refractivity contribution is 5.73. The maximum atomic E-state index is 5.02. The third-order valence-corrected chi connectivity index (χ3v) is 1.28. The van der Waals surface area contributed by atoms with Crippen LogP contribution in [0.2, 0.25) is 0 Å². The van der Waals surface area contributed by atoms with Crippen molar-refractivity contribution >= 4 is 6.02 Å². The van der Waals surface area contributed by atoms with Gasteiger partial charge in [0.2, 0.25) is 0 Å². The SMILES string of the molecule is CC/N=C(/OC)N(C)CC. The van der Waals surface area contributed by atoms with Crippen molar-refractivity contribution in [1.29, 1.82) is 0 Å². The van der Waals surface area contributed by atoms with Gasteiger partial charge in [0.25, 0.3) is 6.02 Å². The molecule has 3 nitrogen and oxygen atoms in total. The average molecular weight is 144 g/mol. The van der Waals surface area contributed by atoms with Crippen molar-refractivity contribution in [3.05, 3.63) is 0 Å². The van der Waals surface area contributed by atoms with Crippen LogP contribution in [0.3, 0.4) is 0 Å². The minimum Gasteiger partial charge on any atom is -0.468 e. The van der Waals surface area contributed by atoms with Gasteiger partial charge in [-0.2, -0.15) is 0 Å². The topological polar surface area (TPSA) is 24.8 Å². The van der Waals surface area contributed by atoms with Crippen LogP contribution in [0.1, 0.15) is 13.8 Å². The van der Waals surface area contributed by atoms with Gasteiger partial charge in [0.15, 0.2) is 0 Å². The molecule has 0 aliphatic carbocycles. The van der Waals surface area contributed by atoms with Crippen LogP contribution >= 0.6 is 0 Å². The number of ether oxygens (including phenoxy) is 1. The molecule has 10 heavy (non-hydrogen) atoms. The first-order valence-corrected chi connectivity index (χ1v) is 3.55. The Morgan fingerprint density at radius 3 is 2.40 bits per heavy atom. The Kier molecular flexibility index (Phi) is 4.72. The van der Waals surface area contributed by atoms with E-state index in [1.165, 1.54) is 0 Å². The smallest absolute Gasteiger partial charge is 0.286 e. The van der Waals surface area contributed by atoms with Gasteiger partial charge in [-0.1, -0.05) is 0 Å². The molecule has 0 aromatic carbocycles. The summed E-state index contributed by atoms with van der Waals surface area (Å²) in [4.78, 5) is 6.10. The molecule has 3 heteroatoms. The number of methoxy groups -OCH3 is 1. The number of hydrogen-bond donors (Lipinski definition) is 0. The molecule has 0 heterocycles. The largest absolute Gasteiger partial charge is 0.468 e. The zero-order chi connectivity index (χ0) is 7.98. The third-order valence-electron chi connectivity index (χ3n) is 1.28. The molecule has 0 bridgehead atoms. The van der Waals surface area contributed by atoms with Crippen LogP contribution < -0.4 is 0 Å². The molecule has 0 amide bonds. The summed E-state index contributed by atoms with van der Waals surface area (Å²) in [5.41, 5.74) is 0. The maximum absolute atomic E-state index is 5.02. The molecular formula is C7H16N2O. The third kappa shape index (κ3) is 2.71. The van der Waals surface area contributed by atoms with Crippen LogP contribution in [-0.2, 0) is 4.74 Å². The highest BCUT2D eigenvalue weighted by Gasteiger charge is 2.00. The quantitative estimate of drug-likeness (QED) is 0.426. The molecule has 0 aliphatic rings. The zero-order valence-electron chi connectivity index (χ0n) is 7.22. The van der Waals surface area contributed by atoms with Crippen LogP contribution in [0.15, 0.2) is 4.99 Å². The lowest BCUT2D eigenvalue weighted by Crippen LogP contribution is -2.27. The molecule has 0 atom stereocenters. The molecule has 0 saturated carbocycles. The predicted octanol–water partition coefficient (Wildman–Crippen LogP) is 0.960. The molecular weight excluding hydrogens is 128 g/mol. The molecule has 0 rings (SSSR count). The van der Waals surface area contributed by atoms with Crippen molar-refractivity contribution in [2.24, 2.45) is 4.99 Å². The molecule has 0 N–H and O–H groups in total. The highest BCUT2D eigenvalue weighted by atomic mass is 16.5. The molecule has 0 saturated heterocycles. The summed E-state index contributed by atoms with van der Waals surface area (Å²) >= 11 is 0. The summed E-state index contributed by atoms with van der Waals surface area (Å²) in [6.45, 7) is 5.74. The Morgan fingerprint density at radius 1 is 1.50 bits per heavy atom. The second kappa shape index (κ2) is 5.09. The second-order valence-corrected chi connectivity index (χ2v) is 1.98. The van der Waals surface area contributed by atoms with Crippen molar-refractivity contribution in [2.75, 3.05) is 27.2 Å². The Bertz CT molecular complexity index is 112. The van der Waals surface area contributed by atoms with E-state index in [0.717, 1.165) is 13.1 Å². The highest BCUT2D eigenvalue weighted by Crippen LogP contribution is 1.87. The van der Waals surface area contributed by atoms with E-state index in [0.29, 0.717) is 6.02 Å². The van der Waals surface area contributed by atoms with Gasteiger partial charge in [0.1, 0.15) is 0 Å². The molecule has 0 fully saturated rings. The summed E-state index contributed by atoms with van der Waals surface area (Å²) in [6, 6.07) is 0.713. The zero-order valence-corrected chi connectivity index (χ0v) is 7.22. The summed E-state index contributed by atoms with van der Waals surface area (Å²) in [6.07, 6.45) is 0. The fraction of sp³-hybridized carbons (Fsp3) is 0.857. The number of nitrogens with zero attached hydrogens (tertiary/aromatic N) is 2. The Morgan fingerprint density at radius 2 is 2.10 bits per heavy atom. The van der Waals surface area contributed by atoms with Gasteiger partial charge < -0.3 is 9.64 Å². The fourth-order valence-corrected chi connectivity index (χ4v) is 0.612. The first-order chi connectivity index (χ1) is 4.76. The molecule has 0 spiro atoms. The van der Waals surface area contributed by atoms with E-state index in [9.17, 15) is 0 Å². The van der Waals surface area contributed by atoms with Crippen molar-refractivity contribution < 1.29 is 4.74 Å². The van der Waals surface area contributed by atoms with Crippen molar-refractivity contribution in [1.82, 2.24) is 4.90 Å². The molecule has 0 aliphatic heterocycles. The summed E-state index contributed by atoms with van der Waals surface area (Å²) in [5, 5.41) is 0. The van der Waals surface area contributed by atoms with Crippen LogP contribution in [0.5, 0.6) is 0 Å². The van der Waals surface area contributed by atoms with E-state index in [1.54, 1.807) is 7.11 Å². The van der Waals surface area contributed by atoms with E-state index < -0.39 is 0 Å². The minimum absolute atomic E-state index is 0.713. The first-order valence-electron chi connectivity index (χ1n) is 3.55. The molecule has 0 aromatic rings. The average Bonchev–Trinajstić information content (AvgIpc) is 1.99. The molecule has 0 aromatic heterocycles. The Labute approximate surface area is 62.7 Å². The molecule has 0 radical (unpaired) electrons. The number of rotatable bonds is 2. The van der Waals surface area contributed by atoms with Gasteiger partial charge in [0.05, 0.1) is 7.11 Å². The van der Waals surface area contributed by atoms with E-state index in [-0.39, 0.29) is 0 Å². The second-order valence-electron chi connectivity index (χ2n) is 1.98. The van der Waals surface area contributed by atoms with Gasteiger partial charge in [0, 0.05) is 20.1 Å². The minimum atomic E-state index is 0.713. The van der Waals surface area contributed by atoms with Crippen molar-refractivity contribution in [3.8, 4) is 0 Å². The lowest BCUT2D eigenvalue weighted by Gasteiger charge is -2.16. The number of aliphatic imine (C=N–C) groups is 1. The van der Waals surface area contributed by atoms with Gasteiger partial charge >= 0.3 is 0 Å². The monoisotopic (exact) mass is 144 g/mol. The van der Waals surface area contributed by atoms with Gasteiger partial charge in [-0.25, -0.2) is 4.99 Å². The summed E-state index contributed by atoms with van der Waals surface area (Å²) in [7, 11) is 3.60. The van der Waals surface area contributed by atoms with Crippen LogP contribution in [0.25, 0.3) is 0 Å². The predicted molar refractivity (Wildman–Crippen MR) is 43.3 cm³/mol. The maximum Gasteiger partial charge on any atom is 0.286 e. The van der Waals surface area contributed by atoms with Crippen LogP contribution in [0, 0.1) is 0 Å². The van der Waals surface area contributed by atoms with Crippen molar-refractivity contribution in [3.63, 3.8) is 0 Å². The van der Waals surface area contributed by atoms with E-state index >= 15 is 0 Å². The number of amidine groups is 1. The van der Waals surface area contributed by atoms with Gasteiger partial charge in [-0.15, -0.1) is 0 Å². The normalized spacial score (nSPS) is 11.4. The Balaban J connectivity index is 3.92. The van der Waals surface area contributed by atoms with Gasteiger partial charge in [-0.05, 0) is 13.8 Å². The molecule has 0 unspecified atom stereocenters. The van der Waals surface area contributed by atoms with E-state index in [4.69, 9.17) is 4.74 Å². The standard InChI is InChI=1S/C7H16N2O/c1-5-8-7(10-4)9(3)6-2/h5-6H2,1-4H3/b8-7+. The van der Waals surface area contributed by atoms with Crippen LogP contribution in [-0.4, -0.2) is 38.2 Å². The lowest BCUT2D eigenvalue weighted by atomic mass is 10.6. The number of hydrogen-bond acceptors (Lipinski definition) is 2. The van der Waals surface area contributed by atoms with E-state index in [1.807, 2.05) is 18.9 Å². The first kappa shape index (κ1) is 9.27. The summed E-state index contributed by atoms with van der Waals surface area (Å²) in [5.74, 6) is 0. The fourth-order valence-electron chi connectivity index (χ4n) is 0.612. The van der Waals surface area contributed by atoms with Crippen LogP contribution in [0.4, 0.5) is 0 Å². The lowest BCUT2D eigenvalue weighted by molar-refractivity contribution is 0.313. The van der Waals surface area contributed by atoms with E-state index in [2.05, 4.69) is 11.9 Å². The van der Waals surface area contributed by atoms with Crippen molar-refractivity contribution in [2.45, 2.75) is 13.8 Å². The Hall–Kier alpha value is -0.730. The summed E-state index contributed by atoms with van der Waals surface area (Å²) < 4.78 is 5.02. The van der Waals surface area contributed by atoms with Gasteiger partial charge in [-0.3, -0.25) is 0 Å². The molecule has 60 valence electrons.